The summed E-state index contributed by atoms with van der Waals surface area (Å²) in [5.41, 5.74) is 2.50. The first kappa shape index (κ1) is 14.2. The zero-order valence-corrected chi connectivity index (χ0v) is 12.3. The van der Waals surface area contributed by atoms with E-state index in [-0.39, 0.29) is 0 Å². The van der Waals surface area contributed by atoms with Crippen molar-refractivity contribution in [1.29, 1.82) is 0 Å². The van der Waals surface area contributed by atoms with Gasteiger partial charge in [0, 0.05) is 5.56 Å². The Bertz CT molecular complexity index is 411. The maximum atomic E-state index is 5.65. The summed E-state index contributed by atoms with van der Waals surface area (Å²) in [6, 6.07) is 4.23. The second-order valence-electron chi connectivity index (χ2n) is 5.21. The molecule has 3 nitrogen and oxygen atoms in total. The molecule has 0 aromatic heterocycles. The number of benzene rings is 1. The summed E-state index contributed by atoms with van der Waals surface area (Å²) >= 11 is 0. The van der Waals surface area contributed by atoms with Gasteiger partial charge in [0.05, 0.1) is 14.2 Å². The molecule has 0 aliphatic carbocycles. The average molecular weight is 263 g/mol. The standard InChI is InChI=1S/C16H25NO2/c1-4-14-15(18-2)8-7-13(16(14)19-3)10-12-6-5-9-17-11-12/h7-8,12,17H,4-6,9-11H2,1-3H3. The molecule has 0 saturated carbocycles. The lowest BCUT2D eigenvalue weighted by Crippen LogP contribution is -2.30. The first-order valence-electron chi connectivity index (χ1n) is 7.23. The molecule has 0 radical (unpaired) electrons. The molecule has 1 saturated heterocycles. The minimum absolute atomic E-state index is 0.723. The van der Waals surface area contributed by atoms with Crippen LogP contribution in [0.2, 0.25) is 0 Å². The Hall–Kier alpha value is -1.22. The van der Waals surface area contributed by atoms with Crippen molar-refractivity contribution in [3.05, 3.63) is 23.3 Å². The molecule has 1 aromatic rings. The van der Waals surface area contributed by atoms with Crippen LogP contribution in [-0.2, 0) is 12.8 Å². The molecule has 106 valence electrons. The van der Waals surface area contributed by atoms with Crippen molar-refractivity contribution in [3.8, 4) is 11.5 Å². The Balaban J connectivity index is 2.23. The molecule has 19 heavy (non-hydrogen) atoms. The highest BCUT2D eigenvalue weighted by Crippen LogP contribution is 2.34. The zero-order chi connectivity index (χ0) is 13.7. The van der Waals surface area contributed by atoms with E-state index in [1.54, 1.807) is 14.2 Å². The Morgan fingerprint density at radius 3 is 2.68 bits per heavy atom. The molecule has 1 atom stereocenters. The molecule has 3 heteroatoms. The van der Waals surface area contributed by atoms with Gasteiger partial charge in [0.25, 0.3) is 0 Å². The van der Waals surface area contributed by atoms with E-state index in [4.69, 9.17) is 9.47 Å². The van der Waals surface area contributed by atoms with Gasteiger partial charge in [0.2, 0.25) is 0 Å². The molecular weight excluding hydrogens is 238 g/mol. The lowest BCUT2D eigenvalue weighted by molar-refractivity contribution is 0.358. The Labute approximate surface area is 116 Å². The number of methoxy groups -OCH3 is 2. The Morgan fingerprint density at radius 1 is 1.26 bits per heavy atom. The van der Waals surface area contributed by atoms with Crippen molar-refractivity contribution in [2.75, 3.05) is 27.3 Å². The zero-order valence-electron chi connectivity index (χ0n) is 12.3. The fourth-order valence-corrected chi connectivity index (χ4v) is 3.01. The van der Waals surface area contributed by atoms with Crippen LogP contribution < -0.4 is 14.8 Å². The van der Waals surface area contributed by atoms with E-state index in [1.165, 1.54) is 24.0 Å². The molecule has 1 aliphatic heterocycles. The highest BCUT2D eigenvalue weighted by molar-refractivity contribution is 5.50. The molecule has 0 spiro atoms. The number of ether oxygens (including phenoxy) is 2. The summed E-state index contributed by atoms with van der Waals surface area (Å²) in [6.07, 6.45) is 4.61. The first-order chi connectivity index (χ1) is 9.30. The summed E-state index contributed by atoms with van der Waals surface area (Å²) in [5.74, 6) is 2.68. The number of nitrogens with one attached hydrogen (secondary N) is 1. The van der Waals surface area contributed by atoms with E-state index in [0.29, 0.717) is 0 Å². The minimum Gasteiger partial charge on any atom is -0.496 e. The predicted octanol–water partition coefficient (Wildman–Crippen LogP) is 2.81. The number of hydrogen-bond donors (Lipinski definition) is 1. The third-order valence-electron chi connectivity index (χ3n) is 3.98. The van der Waals surface area contributed by atoms with Gasteiger partial charge in [0.15, 0.2) is 0 Å². The Kier molecular flexibility index (Phi) is 5.08. The smallest absolute Gasteiger partial charge is 0.128 e. The second-order valence-corrected chi connectivity index (χ2v) is 5.21. The van der Waals surface area contributed by atoms with Crippen molar-refractivity contribution in [2.45, 2.75) is 32.6 Å². The van der Waals surface area contributed by atoms with Crippen LogP contribution in [0.15, 0.2) is 12.1 Å². The average Bonchev–Trinajstić information content (AvgIpc) is 2.47. The summed E-state index contributed by atoms with van der Waals surface area (Å²) in [6.45, 7) is 4.43. The van der Waals surface area contributed by atoms with Crippen LogP contribution in [0.5, 0.6) is 11.5 Å². The van der Waals surface area contributed by atoms with Crippen molar-refractivity contribution < 1.29 is 9.47 Å². The fraction of sp³-hybridized carbons (Fsp3) is 0.625. The van der Waals surface area contributed by atoms with Crippen molar-refractivity contribution in [1.82, 2.24) is 5.32 Å². The number of piperidine rings is 1. The topological polar surface area (TPSA) is 30.5 Å². The van der Waals surface area contributed by atoms with E-state index in [9.17, 15) is 0 Å². The second kappa shape index (κ2) is 6.80. The summed E-state index contributed by atoms with van der Waals surface area (Å²) in [7, 11) is 3.48. The molecule has 1 heterocycles. The first-order valence-corrected chi connectivity index (χ1v) is 7.23. The summed E-state index contributed by atoms with van der Waals surface area (Å²) in [4.78, 5) is 0. The van der Waals surface area contributed by atoms with Gasteiger partial charge in [-0.25, -0.2) is 0 Å². The van der Waals surface area contributed by atoms with Gasteiger partial charge in [0.1, 0.15) is 11.5 Å². The highest BCUT2D eigenvalue weighted by atomic mass is 16.5. The maximum Gasteiger partial charge on any atom is 0.128 e. The number of hydrogen-bond acceptors (Lipinski definition) is 3. The molecule has 1 unspecified atom stereocenters. The van der Waals surface area contributed by atoms with E-state index in [1.807, 2.05) is 0 Å². The molecule has 0 bridgehead atoms. The van der Waals surface area contributed by atoms with E-state index in [2.05, 4.69) is 24.4 Å². The van der Waals surface area contributed by atoms with Gasteiger partial charge in [-0.15, -0.1) is 0 Å². The number of rotatable bonds is 5. The maximum absolute atomic E-state index is 5.65. The van der Waals surface area contributed by atoms with Gasteiger partial charge in [-0.2, -0.15) is 0 Å². The predicted molar refractivity (Wildman–Crippen MR) is 78.2 cm³/mol. The Morgan fingerprint density at radius 2 is 2.11 bits per heavy atom. The summed E-state index contributed by atoms with van der Waals surface area (Å²) in [5, 5.41) is 3.48. The summed E-state index contributed by atoms with van der Waals surface area (Å²) < 4.78 is 11.1. The van der Waals surface area contributed by atoms with E-state index in [0.717, 1.165) is 43.3 Å². The van der Waals surface area contributed by atoms with Gasteiger partial charge in [-0.3, -0.25) is 0 Å². The largest absolute Gasteiger partial charge is 0.496 e. The van der Waals surface area contributed by atoms with Crippen LogP contribution >= 0.6 is 0 Å². The third kappa shape index (κ3) is 3.21. The van der Waals surface area contributed by atoms with Crippen LogP contribution in [-0.4, -0.2) is 27.3 Å². The van der Waals surface area contributed by atoms with Gasteiger partial charge >= 0.3 is 0 Å². The molecule has 0 amide bonds. The van der Waals surface area contributed by atoms with Gasteiger partial charge in [-0.05, 0) is 56.3 Å². The fourth-order valence-electron chi connectivity index (χ4n) is 3.01. The normalized spacial score (nSPS) is 19.2. The monoisotopic (exact) mass is 263 g/mol. The van der Waals surface area contributed by atoms with Crippen LogP contribution in [0.1, 0.15) is 30.9 Å². The van der Waals surface area contributed by atoms with Crippen LogP contribution in [0.25, 0.3) is 0 Å². The molecular formula is C16H25NO2. The quantitative estimate of drug-likeness (QED) is 0.886. The molecule has 1 aromatic carbocycles. The molecule has 2 rings (SSSR count). The van der Waals surface area contributed by atoms with Crippen molar-refractivity contribution >= 4 is 0 Å². The van der Waals surface area contributed by atoms with Gasteiger partial charge < -0.3 is 14.8 Å². The third-order valence-corrected chi connectivity index (χ3v) is 3.98. The minimum atomic E-state index is 0.723. The lowest BCUT2D eigenvalue weighted by atomic mass is 9.90. The van der Waals surface area contributed by atoms with Crippen LogP contribution in [0.3, 0.4) is 0 Å². The van der Waals surface area contributed by atoms with E-state index >= 15 is 0 Å². The molecule has 1 fully saturated rings. The van der Waals surface area contributed by atoms with Crippen molar-refractivity contribution in [3.63, 3.8) is 0 Å². The lowest BCUT2D eigenvalue weighted by Gasteiger charge is -2.24. The molecule has 1 N–H and O–H groups in total. The SMILES string of the molecule is CCc1c(OC)ccc(CC2CCCNC2)c1OC. The molecule has 1 aliphatic rings. The van der Waals surface area contributed by atoms with Crippen LogP contribution in [0.4, 0.5) is 0 Å². The van der Waals surface area contributed by atoms with E-state index < -0.39 is 0 Å². The van der Waals surface area contributed by atoms with Crippen LogP contribution in [0, 0.1) is 5.92 Å². The highest BCUT2D eigenvalue weighted by Gasteiger charge is 2.18. The van der Waals surface area contributed by atoms with Crippen molar-refractivity contribution in [2.24, 2.45) is 5.92 Å². The van der Waals surface area contributed by atoms with Gasteiger partial charge in [-0.1, -0.05) is 13.0 Å².